The lowest BCUT2D eigenvalue weighted by atomic mass is 10.0. The molecule has 0 saturated carbocycles. The minimum Gasteiger partial charge on any atom is -0.342 e. The van der Waals surface area contributed by atoms with Crippen molar-refractivity contribution in [3.05, 3.63) is 66.0 Å². The molecule has 0 spiro atoms. The molecule has 7 heteroatoms. The molecule has 2 heterocycles. The molecular weight excluding hydrogens is 340 g/mol. The summed E-state index contributed by atoms with van der Waals surface area (Å²) in [6, 6.07) is 12.5. The number of aryl methyl sites for hydroxylation is 1. The molecule has 2 aromatic heterocycles. The van der Waals surface area contributed by atoms with Gasteiger partial charge in [0.15, 0.2) is 0 Å². The maximum Gasteiger partial charge on any atom is 0.251 e. The minimum absolute atomic E-state index is 0.183. The van der Waals surface area contributed by atoms with Gasteiger partial charge in [-0.1, -0.05) is 19.1 Å². The van der Waals surface area contributed by atoms with E-state index in [0.29, 0.717) is 11.3 Å². The lowest BCUT2D eigenvalue weighted by molar-refractivity contribution is 0.0937. The van der Waals surface area contributed by atoms with Gasteiger partial charge in [0.05, 0.1) is 6.04 Å². The molecule has 1 N–H and O–H groups in total. The fourth-order valence-corrected chi connectivity index (χ4v) is 2.81. The van der Waals surface area contributed by atoms with Crippen molar-refractivity contribution in [2.45, 2.75) is 32.9 Å². The summed E-state index contributed by atoms with van der Waals surface area (Å²) in [6.07, 6.45) is 4.08. The number of nitriles is 1. The Morgan fingerprint density at radius 3 is 2.81 bits per heavy atom. The van der Waals surface area contributed by atoms with Crippen molar-refractivity contribution in [3.63, 3.8) is 0 Å². The highest BCUT2D eigenvalue weighted by atomic mass is 16.1. The number of hydrogen-bond donors (Lipinski definition) is 1. The van der Waals surface area contributed by atoms with Crippen LogP contribution in [0.15, 0.2) is 48.9 Å². The lowest BCUT2D eigenvalue weighted by Gasteiger charge is -2.15. The maximum atomic E-state index is 12.7. The maximum absolute atomic E-state index is 12.7. The molecule has 3 aromatic rings. The third-order valence-corrected chi connectivity index (χ3v) is 4.15. The average molecular weight is 360 g/mol. The van der Waals surface area contributed by atoms with E-state index in [1.807, 2.05) is 41.9 Å². The van der Waals surface area contributed by atoms with E-state index in [1.165, 1.54) is 6.33 Å². The van der Waals surface area contributed by atoms with Crippen molar-refractivity contribution in [1.29, 1.82) is 5.26 Å². The van der Waals surface area contributed by atoms with Crippen LogP contribution in [0.1, 0.15) is 48.2 Å². The number of benzene rings is 1. The standard InChI is InChI=1S/C20H20N6O/c1-3-9-26-19(23-13-24-26)14(2)25-20(27)16-6-4-5-15(10-16)17-7-8-18(11-21)22-12-17/h4-8,10,12-14H,3,9H2,1-2H3,(H,25,27). The molecule has 0 bridgehead atoms. The number of hydrogen-bond acceptors (Lipinski definition) is 5. The van der Waals surface area contributed by atoms with Gasteiger partial charge in [0.1, 0.15) is 23.9 Å². The van der Waals surface area contributed by atoms with Crippen molar-refractivity contribution in [2.75, 3.05) is 0 Å². The number of pyridine rings is 1. The fourth-order valence-electron chi connectivity index (χ4n) is 2.81. The molecule has 7 nitrogen and oxygen atoms in total. The summed E-state index contributed by atoms with van der Waals surface area (Å²) in [4.78, 5) is 21.0. The zero-order chi connectivity index (χ0) is 19.2. The van der Waals surface area contributed by atoms with Crippen LogP contribution in [0.5, 0.6) is 0 Å². The molecule has 1 unspecified atom stereocenters. The SMILES string of the molecule is CCCn1ncnc1C(C)NC(=O)c1cccc(-c2ccc(C#N)nc2)c1. The van der Waals surface area contributed by atoms with Gasteiger partial charge in [0, 0.05) is 23.9 Å². The fraction of sp³-hybridized carbons (Fsp3) is 0.250. The highest BCUT2D eigenvalue weighted by molar-refractivity contribution is 5.95. The molecule has 1 atom stereocenters. The lowest BCUT2D eigenvalue weighted by Crippen LogP contribution is -2.29. The molecule has 27 heavy (non-hydrogen) atoms. The first-order chi connectivity index (χ1) is 13.1. The van der Waals surface area contributed by atoms with Gasteiger partial charge in [-0.15, -0.1) is 0 Å². The number of amides is 1. The second-order valence-electron chi connectivity index (χ2n) is 6.16. The Labute approximate surface area is 157 Å². The first kappa shape index (κ1) is 18.3. The number of rotatable bonds is 6. The van der Waals surface area contributed by atoms with E-state index in [9.17, 15) is 4.79 Å². The molecule has 136 valence electrons. The normalized spacial score (nSPS) is 11.6. The Balaban J connectivity index is 1.77. The Hall–Kier alpha value is -3.53. The van der Waals surface area contributed by atoms with E-state index in [1.54, 1.807) is 18.3 Å². The first-order valence-electron chi connectivity index (χ1n) is 8.77. The monoisotopic (exact) mass is 360 g/mol. The van der Waals surface area contributed by atoms with Crippen LogP contribution in [0.4, 0.5) is 0 Å². The smallest absolute Gasteiger partial charge is 0.251 e. The Morgan fingerprint density at radius 1 is 1.26 bits per heavy atom. The number of carbonyl (C=O) groups is 1. The molecule has 0 aliphatic carbocycles. The van der Waals surface area contributed by atoms with Gasteiger partial charge in [0.25, 0.3) is 5.91 Å². The molecule has 3 rings (SSSR count). The van der Waals surface area contributed by atoms with E-state index >= 15 is 0 Å². The molecule has 0 aliphatic rings. The third-order valence-electron chi connectivity index (χ3n) is 4.15. The number of carbonyl (C=O) groups excluding carboxylic acids is 1. The van der Waals surface area contributed by atoms with Crippen LogP contribution in [-0.2, 0) is 6.54 Å². The average Bonchev–Trinajstić information content (AvgIpc) is 3.17. The summed E-state index contributed by atoms with van der Waals surface area (Å²) in [6.45, 7) is 4.72. The summed E-state index contributed by atoms with van der Waals surface area (Å²) in [7, 11) is 0. The van der Waals surface area contributed by atoms with Crippen molar-refractivity contribution >= 4 is 5.91 Å². The van der Waals surface area contributed by atoms with Gasteiger partial charge in [-0.3, -0.25) is 4.79 Å². The van der Waals surface area contributed by atoms with Crippen LogP contribution in [0.3, 0.4) is 0 Å². The zero-order valence-corrected chi connectivity index (χ0v) is 15.3. The van der Waals surface area contributed by atoms with Crippen molar-refractivity contribution < 1.29 is 4.79 Å². The van der Waals surface area contributed by atoms with Gasteiger partial charge < -0.3 is 5.32 Å². The highest BCUT2D eigenvalue weighted by Crippen LogP contribution is 2.20. The van der Waals surface area contributed by atoms with Gasteiger partial charge in [0.2, 0.25) is 0 Å². The van der Waals surface area contributed by atoms with E-state index in [2.05, 4.69) is 27.3 Å². The van der Waals surface area contributed by atoms with Crippen LogP contribution < -0.4 is 5.32 Å². The van der Waals surface area contributed by atoms with Crippen LogP contribution in [0, 0.1) is 11.3 Å². The predicted octanol–water partition coefficient (Wildman–Crippen LogP) is 3.11. The second kappa shape index (κ2) is 8.23. The summed E-state index contributed by atoms with van der Waals surface area (Å²) >= 11 is 0. The quantitative estimate of drug-likeness (QED) is 0.728. The molecular formula is C20H20N6O. The van der Waals surface area contributed by atoms with E-state index in [4.69, 9.17) is 5.26 Å². The molecule has 0 fully saturated rings. The van der Waals surface area contributed by atoms with Gasteiger partial charge in [-0.2, -0.15) is 10.4 Å². The molecule has 0 saturated heterocycles. The third kappa shape index (κ3) is 4.18. The van der Waals surface area contributed by atoms with E-state index in [-0.39, 0.29) is 11.9 Å². The Bertz CT molecular complexity index is 971. The van der Waals surface area contributed by atoms with Crippen LogP contribution in [0.25, 0.3) is 11.1 Å². The highest BCUT2D eigenvalue weighted by Gasteiger charge is 2.16. The molecule has 0 radical (unpaired) electrons. The predicted molar refractivity (Wildman–Crippen MR) is 101 cm³/mol. The Morgan fingerprint density at radius 2 is 2.11 bits per heavy atom. The van der Waals surface area contributed by atoms with Crippen molar-refractivity contribution in [1.82, 2.24) is 25.1 Å². The molecule has 1 amide bonds. The van der Waals surface area contributed by atoms with Crippen molar-refractivity contribution in [2.24, 2.45) is 0 Å². The largest absolute Gasteiger partial charge is 0.342 e. The number of nitrogens with one attached hydrogen (secondary N) is 1. The number of nitrogens with zero attached hydrogens (tertiary/aromatic N) is 5. The summed E-state index contributed by atoms with van der Waals surface area (Å²) in [5, 5.41) is 16.0. The first-order valence-corrected chi connectivity index (χ1v) is 8.77. The molecule has 0 aliphatic heterocycles. The van der Waals surface area contributed by atoms with Crippen LogP contribution in [0.2, 0.25) is 0 Å². The van der Waals surface area contributed by atoms with E-state index in [0.717, 1.165) is 29.9 Å². The summed E-state index contributed by atoms with van der Waals surface area (Å²) < 4.78 is 1.81. The van der Waals surface area contributed by atoms with Gasteiger partial charge in [-0.05, 0) is 43.2 Å². The number of aromatic nitrogens is 4. The van der Waals surface area contributed by atoms with Crippen LogP contribution in [-0.4, -0.2) is 25.7 Å². The van der Waals surface area contributed by atoms with Crippen LogP contribution >= 0.6 is 0 Å². The summed E-state index contributed by atoms with van der Waals surface area (Å²) in [5.74, 6) is 0.551. The molecule has 1 aromatic carbocycles. The summed E-state index contributed by atoms with van der Waals surface area (Å²) in [5.41, 5.74) is 2.61. The zero-order valence-electron chi connectivity index (χ0n) is 15.3. The topological polar surface area (TPSA) is 96.5 Å². The second-order valence-corrected chi connectivity index (χ2v) is 6.16. The van der Waals surface area contributed by atoms with E-state index < -0.39 is 0 Å². The minimum atomic E-state index is -0.258. The van der Waals surface area contributed by atoms with Crippen molar-refractivity contribution in [3.8, 4) is 17.2 Å². The van der Waals surface area contributed by atoms with Gasteiger partial charge >= 0.3 is 0 Å². The van der Waals surface area contributed by atoms with Gasteiger partial charge in [-0.25, -0.2) is 14.6 Å². The Kier molecular flexibility index (Phi) is 5.57.